The van der Waals surface area contributed by atoms with Crippen molar-refractivity contribution in [1.82, 2.24) is 14.7 Å². The molecule has 2 rings (SSSR count). The third-order valence-electron chi connectivity index (χ3n) is 4.15. The van der Waals surface area contributed by atoms with E-state index in [1.807, 2.05) is 13.8 Å². The lowest BCUT2D eigenvalue weighted by atomic mass is 10.0. The minimum Gasteiger partial charge on any atom is -0.338 e. The van der Waals surface area contributed by atoms with Crippen molar-refractivity contribution in [3.8, 4) is 0 Å². The molecule has 2 unspecified atom stereocenters. The van der Waals surface area contributed by atoms with E-state index in [0.717, 1.165) is 6.42 Å². The molecule has 0 aliphatic rings. The smallest absolute Gasteiger partial charge is 0.338 e. The number of pyridine rings is 1. The maximum absolute atomic E-state index is 13.3. The molecule has 138 valence electrons. The van der Waals surface area contributed by atoms with Crippen molar-refractivity contribution in [2.45, 2.75) is 57.0 Å². The van der Waals surface area contributed by atoms with Crippen molar-refractivity contribution < 1.29 is 18.0 Å². The van der Waals surface area contributed by atoms with Crippen molar-refractivity contribution in [1.29, 1.82) is 0 Å². The first-order valence-corrected chi connectivity index (χ1v) is 8.48. The monoisotopic (exact) mass is 373 g/mol. The van der Waals surface area contributed by atoms with E-state index in [4.69, 9.17) is 0 Å². The number of alkyl halides is 3. The van der Waals surface area contributed by atoms with Crippen LogP contribution in [0.3, 0.4) is 0 Å². The molecule has 0 saturated carbocycles. The van der Waals surface area contributed by atoms with Gasteiger partial charge in [0.2, 0.25) is 0 Å². The van der Waals surface area contributed by atoms with E-state index in [2.05, 4.69) is 22.9 Å². The molecule has 1 N–H and O–H groups in total. The molecular formula is C17H22F3N3OS. The van der Waals surface area contributed by atoms with Crippen LogP contribution in [-0.2, 0) is 0 Å². The van der Waals surface area contributed by atoms with Crippen molar-refractivity contribution in [2.24, 2.45) is 0 Å². The minimum absolute atomic E-state index is 0.0114. The molecule has 2 aromatic rings. The second-order valence-corrected chi connectivity index (χ2v) is 7.84. The highest BCUT2D eigenvalue weighted by Crippen LogP contribution is 2.32. The Hall–Kier alpha value is -1.70. The Labute approximate surface area is 150 Å². The van der Waals surface area contributed by atoms with Crippen LogP contribution >= 0.6 is 12.6 Å². The summed E-state index contributed by atoms with van der Waals surface area (Å²) in [5.41, 5.74) is 0.468. The number of carbonyl (C=O) groups excluding carboxylic acids is 1. The highest BCUT2D eigenvalue weighted by atomic mass is 32.1. The summed E-state index contributed by atoms with van der Waals surface area (Å²) in [5.74, 6) is -0.143. The van der Waals surface area contributed by atoms with Gasteiger partial charge in [-0.15, -0.1) is 0 Å². The molecule has 0 aliphatic heterocycles. The van der Waals surface area contributed by atoms with Crippen LogP contribution in [-0.4, -0.2) is 32.3 Å². The van der Waals surface area contributed by atoms with E-state index < -0.39 is 22.9 Å². The number of fused-ring (bicyclic) bond motifs is 1. The minimum atomic E-state index is -4.62. The largest absolute Gasteiger partial charge is 0.409 e. The lowest BCUT2D eigenvalue weighted by molar-refractivity contribution is -0.158. The number of nitrogens with zero attached hydrogens (tertiary/aromatic N) is 2. The van der Waals surface area contributed by atoms with Crippen LogP contribution in [0, 0.1) is 0 Å². The van der Waals surface area contributed by atoms with Gasteiger partial charge in [0.1, 0.15) is 11.9 Å². The summed E-state index contributed by atoms with van der Waals surface area (Å²) in [5, 5.41) is 2.06. The van der Waals surface area contributed by atoms with Crippen LogP contribution in [0.1, 0.15) is 56.3 Å². The van der Waals surface area contributed by atoms with Crippen molar-refractivity contribution in [3.63, 3.8) is 0 Å². The van der Waals surface area contributed by atoms with Crippen LogP contribution in [0.4, 0.5) is 13.2 Å². The zero-order valence-electron chi connectivity index (χ0n) is 14.6. The lowest BCUT2D eigenvalue weighted by Crippen LogP contribution is -2.55. The van der Waals surface area contributed by atoms with Gasteiger partial charge in [-0.3, -0.25) is 4.79 Å². The van der Waals surface area contributed by atoms with Crippen LogP contribution in [0.15, 0.2) is 24.4 Å². The molecule has 25 heavy (non-hydrogen) atoms. The Morgan fingerprint density at radius 2 is 2.00 bits per heavy atom. The Balaban J connectivity index is 2.46. The number of carbonyl (C=O) groups is 1. The van der Waals surface area contributed by atoms with Gasteiger partial charge in [0.05, 0.1) is 5.52 Å². The van der Waals surface area contributed by atoms with Gasteiger partial charge in [-0.25, -0.2) is 4.98 Å². The van der Waals surface area contributed by atoms with Gasteiger partial charge in [-0.1, -0.05) is 19.9 Å². The lowest BCUT2D eigenvalue weighted by Gasteiger charge is -2.31. The predicted octanol–water partition coefficient (Wildman–Crippen LogP) is 4.22. The Bertz CT molecular complexity index is 751. The van der Waals surface area contributed by atoms with Crippen molar-refractivity contribution >= 4 is 24.1 Å². The van der Waals surface area contributed by atoms with E-state index in [9.17, 15) is 18.0 Å². The van der Waals surface area contributed by atoms with Gasteiger partial charge in [-0.2, -0.15) is 25.8 Å². The van der Waals surface area contributed by atoms with E-state index in [0.29, 0.717) is 11.3 Å². The van der Waals surface area contributed by atoms with Gasteiger partial charge in [0.25, 0.3) is 5.91 Å². The van der Waals surface area contributed by atoms with Crippen molar-refractivity contribution in [2.75, 3.05) is 0 Å². The molecule has 8 heteroatoms. The van der Waals surface area contributed by atoms with Crippen LogP contribution in [0.5, 0.6) is 0 Å². The molecular weight excluding hydrogens is 351 g/mol. The number of halogens is 3. The van der Waals surface area contributed by atoms with E-state index in [-0.39, 0.29) is 11.6 Å². The fraction of sp³-hybridized carbons (Fsp3) is 0.529. The molecule has 2 heterocycles. The number of hydrogen-bond acceptors (Lipinski definition) is 3. The quantitative estimate of drug-likeness (QED) is 0.771. The molecule has 0 spiro atoms. The third-order valence-corrected chi connectivity index (χ3v) is 4.41. The topological polar surface area (TPSA) is 46.4 Å². The van der Waals surface area contributed by atoms with E-state index >= 15 is 0 Å². The summed E-state index contributed by atoms with van der Waals surface area (Å²) >= 11 is 4.00. The second kappa shape index (κ2) is 6.90. The summed E-state index contributed by atoms with van der Waals surface area (Å²) in [4.78, 5) is 16.9. The van der Waals surface area contributed by atoms with Crippen LogP contribution < -0.4 is 5.32 Å². The maximum Gasteiger partial charge on any atom is 0.409 e. The number of hydrogen-bond donors (Lipinski definition) is 2. The fourth-order valence-corrected chi connectivity index (χ4v) is 2.83. The molecule has 4 nitrogen and oxygen atoms in total. The Kier molecular flexibility index (Phi) is 5.41. The first-order chi connectivity index (χ1) is 11.5. The van der Waals surface area contributed by atoms with Gasteiger partial charge in [-0.05, 0) is 32.4 Å². The average Bonchev–Trinajstić information content (AvgIpc) is 2.89. The van der Waals surface area contributed by atoms with E-state index in [1.165, 1.54) is 13.8 Å². The summed E-state index contributed by atoms with van der Waals surface area (Å²) in [6, 6.07) is 3.08. The number of rotatable bonds is 5. The first-order valence-electron chi connectivity index (χ1n) is 8.03. The molecule has 2 aromatic heterocycles. The standard InChI is InChI=1S/C17H22F3N3OS/c1-5-10(2)13-21-12(11-8-6-7-9-23(11)13)14(24)22-15(16(3,4)25)17(18,19)20/h6-10,15,25H,5H2,1-4H3,(H,22,24). The van der Waals surface area contributed by atoms with Crippen molar-refractivity contribution in [3.05, 3.63) is 35.9 Å². The fourth-order valence-electron chi connectivity index (χ4n) is 2.62. The molecule has 0 aromatic carbocycles. The Morgan fingerprint density at radius 1 is 1.36 bits per heavy atom. The van der Waals surface area contributed by atoms with Gasteiger partial charge in [0.15, 0.2) is 5.69 Å². The van der Waals surface area contributed by atoms with E-state index in [1.54, 1.807) is 28.8 Å². The first kappa shape index (κ1) is 19.6. The summed E-state index contributed by atoms with van der Waals surface area (Å²) in [6.45, 7) is 6.56. The number of nitrogens with one attached hydrogen (secondary N) is 1. The average molecular weight is 373 g/mol. The molecule has 0 bridgehead atoms. The third kappa shape index (κ3) is 4.11. The van der Waals surface area contributed by atoms with Gasteiger partial charge >= 0.3 is 6.18 Å². The van der Waals surface area contributed by atoms with Crippen LogP contribution in [0.25, 0.3) is 5.52 Å². The number of amides is 1. The molecule has 2 atom stereocenters. The maximum atomic E-state index is 13.3. The highest BCUT2D eigenvalue weighted by Gasteiger charge is 2.48. The summed E-state index contributed by atoms with van der Waals surface area (Å²) in [7, 11) is 0. The molecule has 0 radical (unpaired) electrons. The number of aromatic nitrogens is 2. The van der Waals surface area contributed by atoms with Gasteiger partial charge in [0, 0.05) is 16.9 Å². The summed E-state index contributed by atoms with van der Waals surface area (Å²) < 4.78 is 40.2. The zero-order valence-corrected chi connectivity index (χ0v) is 15.4. The molecule has 0 fully saturated rings. The molecule has 1 amide bonds. The summed E-state index contributed by atoms with van der Waals surface area (Å²) in [6.07, 6.45) is -2.07. The number of imidazole rings is 1. The SMILES string of the molecule is CCC(C)c1nc(C(=O)NC(C(F)(F)F)C(C)(C)S)c2ccccn12. The zero-order chi connectivity index (χ0) is 19.0. The van der Waals surface area contributed by atoms with Gasteiger partial charge < -0.3 is 9.72 Å². The Morgan fingerprint density at radius 3 is 2.52 bits per heavy atom. The number of thiol groups is 1. The predicted molar refractivity (Wildman–Crippen MR) is 94.3 cm³/mol. The second-order valence-electron chi connectivity index (χ2n) is 6.69. The van der Waals surface area contributed by atoms with Crippen LogP contribution in [0.2, 0.25) is 0 Å². The normalized spacial score (nSPS) is 15.2. The molecule has 0 aliphatic carbocycles. The highest BCUT2D eigenvalue weighted by molar-refractivity contribution is 7.81. The molecule has 0 saturated heterocycles.